The van der Waals surface area contributed by atoms with Crippen molar-refractivity contribution in [3.8, 4) is 0 Å². The zero-order chi connectivity index (χ0) is 15.7. The van der Waals surface area contributed by atoms with E-state index >= 15 is 0 Å². The SMILES string of the molecule is O=C1NC(=O)N(c2cccc(Cl)c2)C(=O)/C1=C/c1ccco1. The monoisotopic (exact) mass is 316 g/mol. The molecule has 0 unspecified atom stereocenters. The third-order valence-electron chi connectivity index (χ3n) is 3.00. The van der Waals surface area contributed by atoms with Crippen LogP contribution >= 0.6 is 11.6 Å². The summed E-state index contributed by atoms with van der Waals surface area (Å²) in [7, 11) is 0. The Morgan fingerprint density at radius 2 is 1.95 bits per heavy atom. The topological polar surface area (TPSA) is 79.6 Å². The van der Waals surface area contributed by atoms with Gasteiger partial charge in [0.25, 0.3) is 11.8 Å². The first-order valence-electron chi connectivity index (χ1n) is 6.27. The number of benzene rings is 1. The molecule has 0 saturated carbocycles. The van der Waals surface area contributed by atoms with Gasteiger partial charge in [-0.25, -0.2) is 9.69 Å². The lowest BCUT2D eigenvalue weighted by molar-refractivity contribution is -0.122. The fraction of sp³-hybridized carbons (Fsp3) is 0. The molecule has 1 aromatic heterocycles. The number of hydrogen-bond acceptors (Lipinski definition) is 4. The number of halogens is 1. The molecule has 0 atom stereocenters. The second-order valence-corrected chi connectivity index (χ2v) is 4.89. The van der Waals surface area contributed by atoms with Gasteiger partial charge >= 0.3 is 6.03 Å². The van der Waals surface area contributed by atoms with Crippen molar-refractivity contribution < 1.29 is 18.8 Å². The Hall–Kier alpha value is -2.86. The summed E-state index contributed by atoms with van der Waals surface area (Å²) < 4.78 is 5.09. The van der Waals surface area contributed by atoms with Gasteiger partial charge in [-0.05, 0) is 36.4 Å². The Kier molecular flexibility index (Phi) is 3.52. The van der Waals surface area contributed by atoms with E-state index in [-0.39, 0.29) is 11.3 Å². The summed E-state index contributed by atoms with van der Waals surface area (Å²) in [5.41, 5.74) is 0.0716. The minimum atomic E-state index is -0.825. The van der Waals surface area contributed by atoms with Gasteiger partial charge in [-0.3, -0.25) is 14.9 Å². The van der Waals surface area contributed by atoms with E-state index in [0.717, 1.165) is 4.90 Å². The van der Waals surface area contributed by atoms with E-state index in [9.17, 15) is 14.4 Å². The number of imide groups is 2. The molecular formula is C15H9ClN2O4. The summed E-state index contributed by atoms with van der Waals surface area (Å²) >= 11 is 5.87. The molecule has 1 saturated heterocycles. The zero-order valence-electron chi connectivity index (χ0n) is 11.1. The predicted octanol–water partition coefficient (Wildman–Crippen LogP) is 2.60. The number of amides is 4. The van der Waals surface area contributed by atoms with Crippen molar-refractivity contribution in [2.24, 2.45) is 0 Å². The number of anilines is 1. The molecule has 0 spiro atoms. The van der Waals surface area contributed by atoms with E-state index < -0.39 is 17.8 Å². The highest BCUT2D eigenvalue weighted by Gasteiger charge is 2.37. The summed E-state index contributed by atoms with van der Waals surface area (Å²) in [4.78, 5) is 37.1. The van der Waals surface area contributed by atoms with Gasteiger partial charge in [-0.1, -0.05) is 17.7 Å². The fourth-order valence-corrected chi connectivity index (χ4v) is 2.21. The molecule has 6 nitrogen and oxygen atoms in total. The second-order valence-electron chi connectivity index (χ2n) is 4.45. The van der Waals surface area contributed by atoms with Gasteiger partial charge in [0.05, 0.1) is 12.0 Å². The molecule has 0 bridgehead atoms. The molecule has 4 amide bonds. The standard InChI is InChI=1S/C15H9ClN2O4/c16-9-3-1-4-10(7-9)18-14(20)12(13(19)17-15(18)21)8-11-5-2-6-22-11/h1-8H,(H,17,19,21)/b12-8+. The van der Waals surface area contributed by atoms with E-state index in [1.165, 1.54) is 18.4 Å². The number of nitrogens with one attached hydrogen (secondary N) is 1. The molecule has 1 fully saturated rings. The molecule has 22 heavy (non-hydrogen) atoms. The van der Waals surface area contributed by atoms with Crippen molar-refractivity contribution in [2.75, 3.05) is 4.90 Å². The maximum absolute atomic E-state index is 12.5. The number of nitrogens with zero attached hydrogens (tertiary/aromatic N) is 1. The van der Waals surface area contributed by atoms with Crippen LogP contribution in [0.4, 0.5) is 10.5 Å². The van der Waals surface area contributed by atoms with Crippen LogP contribution in [0.2, 0.25) is 5.02 Å². The Bertz CT molecular complexity index is 796. The molecule has 2 heterocycles. The maximum atomic E-state index is 12.5. The Labute approximate surface area is 130 Å². The third-order valence-corrected chi connectivity index (χ3v) is 3.23. The lowest BCUT2D eigenvalue weighted by Gasteiger charge is -2.26. The van der Waals surface area contributed by atoms with E-state index in [1.54, 1.807) is 30.3 Å². The van der Waals surface area contributed by atoms with E-state index in [0.29, 0.717) is 10.8 Å². The Morgan fingerprint density at radius 1 is 1.14 bits per heavy atom. The van der Waals surface area contributed by atoms with Gasteiger partial charge in [0.2, 0.25) is 0 Å². The lowest BCUT2D eigenvalue weighted by Crippen LogP contribution is -2.54. The molecule has 1 aliphatic rings. The predicted molar refractivity (Wildman–Crippen MR) is 79.2 cm³/mol. The number of carbonyl (C=O) groups is 3. The molecule has 3 rings (SSSR count). The van der Waals surface area contributed by atoms with E-state index in [4.69, 9.17) is 16.0 Å². The van der Waals surface area contributed by atoms with E-state index in [2.05, 4.69) is 5.32 Å². The molecule has 110 valence electrons. The highest BCUT2D eigenvalue weighted by Crippen LogP contribution is 2.24. The van der Waals surface area contributed by atoms with Gasteiger partial charge in [-0.15, -0.1) is 0 Å². The van der Waals surface area contributed by atoms with Crippen LogP contribution in [0.5, 0.6) is 0 Å². The molecule has 7 heteroatoms. The number of carbonyl (C=O) groups excluding carboxylic acids is 3. The molecule has 1 N–H and O–H groups in total. The molecule has 1 aromatic carbocycles. The first-order chi connectivity index (χ1) is 10.6. The van der Waals surface area contributed by atoms with Crippen molar-refractivity contribution >= 4 is 41.2 Å². The summed E-state index contributed by atoms with van der Waals surface area (Å²) in [6.45, 7) is 0. The quantitative estimate of drug-likeness (QED) is 0.682. The van der Waals surface area contributed by atoms with Gasteiger partial charge in [0, 0.05) is 5.02 Å². The average molecular weight is 317 g/mol. The fourth-order valence-electron chi connectivity index (χ4n) is 2.02. The van der Waals surface area contributed by atoms with Crippen LogP contribution in [-0.4, -0.2) is 17.8 Å². The van der Waals surface area contributed by atoms with Gasteiger partial charge < -0.3 is 4.42 Å². The smallest absolute Gasteiger partial charge is 0.335 e. The largest absolute Gasteiger partial charge is 0.465 e. The summed E-state index contributed by atoms with van der Waals surface area (Å²) in [6.07, 6.45) is 2.69. The van der Waals surface area contributed by atoms with Crippen molar-refractivity contribution in [2.45, 2.75) is 0 Å². The van der Waals surface area contributed by atoms with Gasteiger partial charge in [-0.2, -0.15) is 0 Å². The van der Waals surface area contributed by atoms with Gasteiger partial charge in [0.15, 0.2) is 0 Å². The molecular weight excluding hydrogens is 308 g/mol. The van der Waals surface area contributed by atoms with Crippen LogP contribution in [0.15, 0.2) is 52.7 Å². The first-order valence-corrected chi connectivity index (χ1v) is 6.64. The molecule has 0 radical (unpaired) electrons. The summed E-state index contributed by atoms with van der Waals surface area (Å²) in [5, 5.41) is 2.48. The Balaban J connectivity index is 2.03. The molecule has 2 aromatic rings. The molecule has 1 aliphatic heterocycles. The minimum Gasteiger partial charge on any atom is -0.465 e. The Morgan fingerprint density at radius 3 is 2.64 bits per heavy atom. The third kappa shape index (κ3) is 2.51. The normalized spacial score (nSPS) is 17.0. The summed E-state index contributed by atoms with van der Waals surface area (Å²) in [5.74, 6) is -1.18. The highest BCUT2D eigenvalue weighted by molar-refractivity contribution is 6.39. The van der Waals surface area contributed by atoms with Gasteiger partial charge in [0.1, 0.15) is 11.3 Å². The first kappa shape index (κ1) is 14.1. The average Bonchev–Trinajstić information content (AvgIpc) is 2.96. The number of hydrogen-bond donors (Lipinski definition) is 1. The number of rotatable bonds is 2. The second kappa shape index (κ2) is 5.50. The van der Waals surface area contributed by atoms with E-state index in [1.807, 2.05) is 0 Å². The minimum absolute atomic E-state index is 0.200. The lowest BCUT2D eigenvalue weighted by atomic mass is 10.1. The van der Waals surface area contributed by atoms with Crippen LogP contribution in [0.25, 0.3) is 6.08 Å². The van der Waals surface area contributed by atoms with Crippen LogP contribution in [0.1, 0.15) is 5.76 Å². The highest BCUT2D eigenvalue weighted by atomic mass is 35.5. The number of furan rings is 1. The van der Waals surface area contributed by atoms with Crippen molar-refractivity contribution in [3.05, 3.63) is 59.0 Å². The zero-order valence-corrected chi connectivity index (χ0v) is 11.8. The van der Waals surface area contributed by atoms with Crippen LogP contribution in [0.3, 0.4) is 0 Å². The van der Waals surface area contributed by atoms with Crippen LogP contribution in [-0.2, 0) is 9.59 Å². The van der Waals surface area contributed by atoms with Crippen LogP contribution in [0, 0.1) is 0 Å². The van der Waals surface area contributed by atoms with Crippen molar-refractivity contribution in [1.82, 2.24) is 5.32 Å². The van der Waals surface area contributed by atoms with Crippen molar-refractivity contribution in [3.63, 3.8) is 0 Å². The molecule has 0 aliphatic carbocycles. The number of barbiturate groups is 1. The number of urea groups is 1. The van der Waals surface area contributed by atoms with Crippen LogP contribution < -0.4 is 10.2 Å². The maximum Gasteiger partial charge on any atom is 0.335 e. The van der Waals surface area contributed by atoms with Crippen molar-refractivity contribution in [1.29, 1.82) is 0 Å². The summed E-state index contributed by atoms with van der Waals surface area (Å²) in [6, 6.07) is 8.61.